The fourth-order valence-electron chi connectivity index (χ4n) is 2.73. The molecule has 0 aliphatic carbocycles. The Labute approximate surface area is 176 Å². The highest BCUT2D eigenvalue weighted by atomic mass is 32.1. The lowest BCUT2D eigenvalue weighted by Gasteiger charge is -2.07. The molecule has 2 N–H and O–H groups in total. The molecule has 0 fully saturated rings. The van der Waals surface area contributed by atoms with Gasteiger partial charge in [-0.3, -0.25) is 9.59 Å². The Morgan fingerprint density at radius 2 is 1.80 bits per heavy atom. The van der Waals surface area contributed by atoms with Crippen molar-refractivity contribution < 1.29 is 28.3 Å². The minimum absolute atomic E-state index is 0.0808. The van der Waals surface area contributed by atoms with E-state index in [0.29, 0.717) is 23.6 Å². The van der Waals surface area contributed by atoms with Gasteiger partial charge in [-0.05, 0) is 55.8 Å². The van der Waals surface area contributed by atoms with E-state index in [2.05, 4.69) is 10.6 Å². The Bertz CT molecular complexity index is 1050. The number of nitrogens with one attached hydrogen (secondary N) is 2. The number of ether oxygens (including phenoxy) is 2. The van der Waals surface area contributed by atoms with Crippen LogP contribution in [0.3, 0.4) is 0 Å². The fourth-order valence-corrected chi connectivity index (χ4v) is 3.81. The van der Waals surface area contributed by atoms with Crippen LogP contribution in [-0.4, -0.2) is 31.5 Å². The van der Waals surface area contributed by atoms with Crippen molar-refractivity contribution in [2.24, 2.45) is 0 Å². The summed E-state index contributed by atoms with van der Waals surface area (Å²) in [5, 5.41) is 5.60. The van der Waals surface area contributed by atoms with Crippen molar-refractivity contribution >= 4 is 39.8 Å². The van der Waals surface area contributed by atoms with E-state index in [-0.39, 0.29) is 21.2 Å². The summed E-state index contributed by atoms with van der Waals surface area (Å²) < 4.78 is 15.3. The highest BCUT2D eigenvalue weighted by molar-refractivity contribution is 7.19. The number of furan rings is 1. The maximum absolute atomic E-state index is 12.8. The molecule has 0 atom stereocenters. The van der Waals surface area contributed by atoms with Crippen LogP contribution >= 0.6 is 11.3 Å². The summed E-state index contributed by atoms with van der Waals surface area (Å²) in [6.45, 7) is 4.05. The molecule has 2 amide bonds. The largest absolute Gasteiger partial charge is 0.494 e. The number of thiophene rings is 1. The highest BCUT2D eigenvalue weighted by Crippen LogP contribution is 2.34. The summed E-state index contributed by atoms with van der Waals surface area (Å²) in [4.78, 5) is 37.7. The van der Waals surface area contributed by atoms with Gasteiger partial charge in [-0.2, -0.15) is 0 Å². The number of benzene rings is 1. The van der Waals surface area contributed by atoms with Gasteiger partial charge in [0.05, 0.1) is 30.4 Å². The maximum Gasteiger partial charge on any atom is 0.341 e. The van der Waals surface area contributed by atoms with Crippen molar-refractivity contribution in [3.8, 4) is 5.75 Å². The van der Waals surface area contributed by atoms with Crippen molar-refractivity contribution in [2.75, 3.05) is 24.4 Å². The predicted octanol–water partition coefficient (Wildman–Crippen LogP) is 4.34. The molecule has 0 radical (unpaired) electrons. The number of anilines is 2. The normalized spacial score (nSPS) is 10.4. The molecule has 8 nitrogen and oxygen atoms in total. The number of esters is 1. The van der Waals surface area contributed by atoms with Gasteiger partial charge in [-0.1, -0.05) is 0 Å². The first-order valence-corrected chi connectivity index (χ1v) is 9.87. The van der Waals surface area contributed by atoms with Crippen molar-refractivity contribution in [3.63, 3.8) is 0 Å². The highest BCUT2D eigenvalue weighted by Gasteiger charge is 2.27. The molecule has 0 aliphatic rings. The van der Waals surface area contributed by atoms with Crippen LogP contribution in [0.5, 0.6) is 5.75 Å². The number of hydrogen-bond donors (Lipinski definition) is 2. The number of carbonyl (C=O) groups is 3. The van der Waals surface area contributed by atoms with E-state index in [1.807, 2.05) is 6.92 Å². The number of amides is 2. The Kier molecular flexibility index (Phi) is 6.53. The minimum atomic E-state index is -0.654. The third-order valence-corrected chi connectivity index (χ3v) is 5.34. The van der Waals surface area contributed by atoms with Crippen molar-refractivity contribution in [1.82, 2.24) is 0 Å². The first-order valence-electron chi connectivity index (χ1n) is 9.05. The predicted molar refractivity (Wildman–Crippen MR) is 113 cm³/mol. The molecule has 3 aromatic rings. The van der Waals surface area contributed by atoms with Crippen molar-refractivity contribution in [1.29, 1.82) is 0 Å². The zero-order valence-electron chi connectivity index (χ0n) is 16.6. The second-order valence-electron chi connectivity index (χ2n) is 6.09. The van der Waals surface area contributed by atoms with Crippen LogP contribution in [0, 0.1) is 6.92 Å². The molecule has 0 unspecified atom stereocenters. The zero-order chi connectivity index (χ0) is 21.7. The summed E-state index contributed by atoms with van der Waals surface area (Å²) in [5.74, 6) is -0.829. The van der Waals surface area contributed by atoms with E-state index in [9.17, 15) is 14.4 Å². The standard InChI is InChI=1S/C21H20N2O6S/c1-4-28-14-9-7-13(8-10-14)22-19(25)17-12(2)16(21(26)27-3)20(30-17)23-18(24)15-6-5-11-29-15/h5-11H,4H2,1-3H3,(H,22,25)(H,23,24). The zero-order valence-corrected chi connectivity index (χ0v) is 17.4. The monoisotopic (exact) mass is 428 g/mol. The van der Waals surface area contributed by atoms with Crippen LogP contribution in [0.15, 0.2) is 47.1 Å². The molecule has 1 aromatic carbocycles. The summed E-state index contributed by atoms with van der Waals surface area (Å²) in [6.07, 6.45) is 1.37. The van der Waals surface area contributed by atoms with Gasteiger partial charge < -0.3 is 24.5 Å². The molecular formula is C21H20N2O6S. The lowest BCUT2D eigenvalue weighted by atomic mass is 10.1. The van der Waals surface area contributed by atoms with E-state index < -0.39 is 17.8 Å². The first-order chi connectivity index (χ1) is 14.4. The summed E-state index contributed by atoms with van der Waals surface area (Å²) in [6, 6.07) is 9.99. The summed E-state index contributed by atoms with van der Waals surface area (Å²) in [7, 11) is 1.23. The Morgan fingerprint density at radius 1 is 1.07 bits per heavy atom. The second-order valence-corrected chi connectivity index (χ2v) is 7.12. The molecule has 0 spiro atoms. The van der Waals surface area contributed by atoms with E-state index in [4.69, 9.17) is 13.9 Å². The Morgan fingerprint density at radius 3 is 2.40 bits per heavy atom. The third kappa shape index (κ3) is 4.52. The van der Waals surface area contributed by atoms with Crippen LogP contribution < -0.4 is 15.4 Å². The lowest BCUT2D eigenvalue weighted by molar-refractivity contribution is 0.0601. The Hall–Kier alpha value is -3.59. The Balaban J connectivity index is 1.86. The van der Waals surface area contributed by atoms with Gasteiger partial charge in [0.1, 0.15) is 10.8 Å². The van der Waals surface area contributed by atoms with Gasteiger partial charge in [0.25, 0.3) is 11.8 Å². The maximum atomic E-state index is 12.8. The third-order valence-electron chi connectivity index (χ3n) is 4.14. The molecule has 0 saturated heterocycles. The summed E-state index contributed by atoms with van der Waals surface area (Å²) >= 11 is 0.983. The van der Waals surface area contributed by atoms with Crippen LogP contribution in [0.25, 0.3) is 0 Å². The van der Waals surface area contributed by atoms with Crippen LogP contribution in [0.1, 0.15) is 43.1 Å². The number of methoxy groups -OCH3 is 1. The fraction of sp³-hybridized carbons (Fsp3) is 0.190. The number of rotatable bonds is 7. The lowest BCUT2D eigenvalue weighted by Crippen LogP contribution is -2.14. The van der Waals surface area contributed by atoms with Gasteiger partial charge in [-0.25, -0.2) is 4.79 Å². The van der Waals surface area contributed by atoms with E-state index in [0.717, 1.165) is 11.3 Å². The van der Waals surface area contributed by atoms with Crippen molar-refractivity contribution in [3.05, 3.63) is 64.4 Å². The van der Waals surface area contributed by atoms with Crippen LogP contribution in [0.2, 0.25) is 0 Å². The van der Waals surface area contributed by atoms with E-state index >= 15 is 0 Å². The number of hydrogen-bond acceptors (Lipinski definition) is 7. The molecule has 0 saturated carbocycles. The topological polar surface area (TPSA) is 107 Å². The van der Waals surface area contributed by atoms with Gasteiger partial charge in [0.15, 0.2) is 5.76 Å². The average Bonchev–Trinajstić information content (AvgIpc) is 3.38. The molecule has 3 rings (SSSR count). The minimum Gasteiger partial charge on any atom is -0.494 e. The number of carbonyl (C=O) groups excluding carboxylic acids is 3. The molecule has 2 heterocycles. The van der Waals surface area contributed by atoms with E-state index in [1.54, 1.807) is 37.3 Å². The quantitative estimate of drug-likeness (QED) is 0.542. The SMILES string of the molecule is CCOc1ccc(NC(=O)c2sc(NC(=O)c3ccco3)c(C(=O)OC)c2C)cc1. The van der Waals surface area contributed by atoms with Gasteiger partial charge in [0.2, 0.25) is 0 Å². The summed E-state index contributed by atoms with van der Waals surface area (Å²) in [5.41, 5.74) is 1.10. The van der Waals surface area contributed by atoms with Crippen LogP contribution in [0.4, 0.5) is 10.7 Å². The van der Waals surface area contributed by atoms with E-state index in [1.165, 1.54) is 19.4 Å². The average molecular weight is 428 g/mol. The molecule has 0 bridgehead atoms. The molecular weight excluding hydrogens is 408 g/mol. The molecule has 2 aromatic heterocycles. The second kappa shape index (κ2) is 9.27. The smallest absolute Gasteiger partial charge is 0.341 e. The van der Waals surface area contributed by atoms with Crippen LogP contribution in [-0.2, 0) is 4.74 Å². The molecule has 0 aliphatic heterocycles. The van der Waals surface area contributed by atoms with Gasteiger partial charge in [0, 0.05) is 5.69 Å². The molecule has 9 heteroatoms. The first kappa shape index (κ1) is 21.1. The molecule has 156 valence electrons. The van der Waals surface area contributed by atoms with Gasteiger partial charge in [-0.15, -0.1) is 11.3 Å². The van der Waals surface area contributed by atoms with Crippen molar-refractivity contribution in [2.45, 2.75) is 13.8 Å². The molecule has 30 heavy (non-hydrogen) atoms. The van der Waals surface area contributed by atoms with Gasteiger partial charge >= 0.3 is 5.97 Å².